The summed E-state index contributed by atoms with van der Waals surface area (Å²) >= 11 is 3.42. The van der Waals surface area contributed by atoms with Crippen molar-refractivity contribution in [2.45, 2.75) is 19.4 Å². The number of hydrogen-bond acceptors (Lipinski definition) is 1. The third kappa shape index (κ3) is 1.85. The molecule has 1 amide bonds. The van der Waals surface area contributed by atoms with Crippen molar-refractivity contribution in [1.82, 2.24) is 4.57 Å². The number of nitrogens with zero attached hydrogens (tertiary/aromatic N) is 1. The van der Waals surface area contributed by atoms with Gasteiger partial charge in [-0.15, -0.1) is 0 Å². The topological polar surface area (TPSA) is 48.0 Å². The molecular weight excluding hydrogens is 268 g/mol. The first-order chi connectivity index (χ1) is 7.63. The second-order valence-corrected chi connectivity index (χ2v) is 4.67. The van der Waals surface area contributed by atoms with E-state index in [0.29, 0.717) is 6.42 Å². The molecule has 1 aromatic carbocycles. The van der Waals surface area contributed by atoms with Crippen LogP contribution in [0.3, 0.4) is 0 Å². The van der Waals surface area contributed by atoms with Gasteiger partial charge < -0.3 is 10.3 Å². The Hall–Kier alpha value is -1.29. The summed E-state index contributed by atoms with van der Waals surface area (Å²) in [7, 11) is 0. The summed E-state index contributed by atoms with van der Waals surface area (Å²) in [5, 5.41) is 1.11. The van der Waals surface area contributed by atoms with Crippen molar-refractivity contribution in [2.24, 2.45) is 5.73 Å². The number of nitrogens with two attached hydrogens (primary N) is 1. The molecule has 0 aliphatic rings. The zero-order valence-electron chi connectivity index (χ0n) is 8.98. The number of rotatable bonds is 3. The van der Waals surface area contributed by atoms with Crippen LogP contribution in [0.1, 0.15) is 19.4 Å². The zero-order valence-corrected chi connectivity index (χ0v) is 10.6. The van der Waals surface area contributed by atoms with Crippen LogP contribution >= 0.6 is 15.9 Å². The highest BCUT2D eigenvalue weighted by molar-refractivity contribution is 9.10. The van der Waals surface area contributed by atoms with Gasteiger partial charge in [-0.25, -0.2) is 0 Å². The number of carbonyl (C=O) groups excluding carboxylic acids is 1. The first-order valence-corrected chi connectivity index (χ1v) is 5.98. The quantitative estimate of drug-likeness (QED) is 0.924. The van der Waals surface area contributed by atoms with Gasteiger partial charge in [0.2, 0.25) is 5.91 Å². The van der Waals surface area contributed by atoms with Crippen LogP contribution in [0.5, 0.6) is 0 Å². The van der Waals surface area contributed by atoms with Crippen molar-refractivity contribution < 1.29 is 4.79 Å². The van der Waals surface area contributed by atoms with Crippen molar-refractivity contribution in [1.29, 1.82) is 0 Å². The standard InChI is InChI=1S/C12H13BrN2O/c1-2-10(12(14)16)15-6-5-8-7-9(13)3-4-11(8)15/h3-7,10H,2H2,1H3,(H2,14,16). The maximum Gasteiger partial charge on any atom is 0.240 e. The number of amides is 1. The Morgan fingerprint density at radius 2 is 2.25 bits per heavy atom. The van der Waals surface area contributed by atoms with Gasteiger partial charge in [-0.05, 0) is 30.7 Å². The van der Waals surface area contributed by atoms with Crippen LogP contribution in [-0.4, -0.2) is 10.5 Å². The molecule has 1 heterocycles. The number of fused-ring (bicyclic) bond motifs is 1. The Morgan fingerprint density at radius 1 is 1.50 bits per heavy atom. The average Bonchev–Trinajstić information content (AvgIpc) is 2.62. The number of primary amides is 1. The van der Waals surface area contributed by atoms with Gasteiger partial charge in [-0.1, -0.05) is 22.9 Å². The van der Waals surface area contributed by atoms with Crippen molar-refractivity contribution in [3.8, 4) is 0 Å². The zero-order chi connectivity index (χ0) is 11.7. The SMILES string of the molecule is CCC(C(N)=O)n1ccc2cc(Br)ccc21. The molecule has 0 saturated heterocycles. The van der Waals surface area contributed by atoms with E-state index >= 15 is 0 Å². The minimum atomic E-state index is -0.289. The van der Waals surface area contributed by atoms with Crippen LogP contribution in [0.2, 0.25) is 0 Å². The van der Waals surface area contributed by atoms with Crippen molar-refractivity contribution in [2.75, 3.05) is 0 Å². The van der Waals surface area contributed by atoms with Crippen LogP contribution in [0.4, 0.5) is 0 Å². The summed E-state index contributed by atoms with van der Waals surface area (Å²) in [6, 6.07) is 7.71. The average molecular weight is 281 g/mol. The molecule has 1 atom stereocenters. The third-order valence-electron chi connectivity index (χ3n) is 2.73. The maximum absolute atomic E-state index is 11.3. The first-order valence-electron chi connectivity index (χ1n) is 5.19. The number of hydrogen-bond donors (Lipinski definition) is 1. The molecule has 0 aliphatic carbocycles. The van der Waals surface area contributed by atoms with Crippen molar-refractivity contribution in [3.63, 3.8) is 0 Å². The van der Waals surface area contributed by atoms with Gasteiger partial charge in [0.25, 0.3) is 0 Å². The molecule has 1 aromatic heterocycles. The van der Waals surface area contributed by atoms with Gasteiger partial charge in [0.05, 0.1) is 0 Å². The molecule has 2 aromatic rings. The summed E-state index contributed by atoms with van der Waals surface area (Å²) in [5.74, 6) is -0.289. The molecule has 4 heteroatoms. The summed E-state index contributed by atoms with van der Waals surface area (Å²) in [6.07, 6.45) is 2.62. The molecule has 0 bridgehead atoms. The van der Waals surface area contributed by atoms with Crippen LogP contribution < -0.4 is 5.73 Å². The lowest BCUT2D eigenvalue weighted by atomic mass is 10.2. The Balaban J connectivity index is 2.57. The van der Waals surface area contributed by atoms with E-state index in [1.165, 1.54) is 0 Å². The lowest BCUT2D eigenvalue weighted by Gasteiger charge is -2.14. The van der Waals surface area contributed by atoms with E-state index in [-0.39, 0.29) is 11.9 Å². The Labute approximate surface area is 102 Å². The predicted molar refractivity (Wildman–Crippen MR) is 68.2 cm³/mol. The minimum absolute atomic E-state index is 0.265. The fourth-order valence-corrected chi connectivity index (χ4v) is 2.32. The van der Waals surface area contributed by atoms with Crippen LogP contribution in [0.25, 0.3) is 10.9 Å². The monoisotopic (exact) mass is 280 g/mol. The summed E-state index contributed by atoms with van der Waals surface area (Å²) in [5.41, 5.74) is 6.43. The smallest absolute Gasteiger partial charge is 0.240 e. The second-order valence-electron chi connectivity index (χ2n) is 3.75. The maximum atomic E-state index is 11.3. The fourth-order valence-electron chi connectivity index (χ4n) is 1.94. The van der Waals surface area contributed by atoms with E-state index in [1.807, 2.05) is 42.0 Å². The van der Waals surface area contributed by atoms with Crippen LogP contribution in [0, 0.1) is 0 Å². The molecule has 3 nitrogen and oxygen atoms in total. The Morgan fingerprint density at radius 3 is 2.88 bits per heavy atom. The van der Waals surface area contributed by atoms with E-state index < -0.39 is 0 Å². The van der Waals surface area contributed by atoms with Crippen molar-refractivity contribution in [3.05, 3.63) is 34.9 Å². The van der Waals surface area contributed by atoms with Crippen molar-refractivity contribution >= 4 is 32.7 Å². The van der Waals surface area contributed by atoms with Crippen LogP contribution in [-0.2, 0) is 4.79 Å². The highest BCUT2D eigenvalue weighted by Crippen LogP contribution is 2.24. The van der Waals surface area contributed by atoms with E-state index in [4.69, 9.17) is 5.73 Å². The number of aromatic nitrogens is 1. The number of benzene rings is 1. The van der Waals surface area contributed by atoms with Gasteiger partial charge in [0.15, 0.2) is 0 Å². The summed E-state index contributed by atoms with van der Waals surface area (Å²) in [6.45, 7) is 1.96. The second kappa shape index (κ2) is 4.29. The molecule has 2 N–H and O–H groups in total. The molecule has 0 spiro atoms. The lowest BCUT2D eigenvalue weighted by Crippen LogP contribution is -2.25. The van der Waals surface area contributed by atoms with E-state index in [0.717, 1.165) is 15.4 Å². The third-order valence-corrected chi connectivity index (χ3v) is 3.23. The normalized spacial score (nSPS) is 12.9. The predicted octanol–water partition coefficient (Wildman–Crippen LogP) is 2.84. The first kappa shape index (κ1) is 11.2. The summed E-state index contributed by atoms with van der Waals surface area (Å²) in [4.78, 5) is 11.3. The minimum Gasteiger partial charge on any atom is -0.368 e. The van der Waals surface area contributed by atoms with E-state index in [1.54, 1.807) is 0 Å². The molecular formula is C12H13BrN2O. The van der Waals surface area contributed by atoms with Gasteiger partial charge in [0, 0.05) is 21.6 Å². The van der Waals surface area contributed by atoms with Gasteiger partial charge in [0.1, 0.15) is 6.04 Å². The van der Waals surface area contributed by atoms with Gasteiger partial charge >= 0.3 is 0 Å². The largest absolute Gasteiger partial charge is 0.368 e. The number of carbonyl (C=O) groups is 1. The Bertz CT molecular complexity index is 533. The molecule has 0 saturated carbocycles. The van der Waals surface area contributed by atoms with E-state index in [2.05, 4.69) is 15.9 Å². The highest BCUT2D eigenvalue weighted by Gasteiger charge is 2.16. The fraction of sp³-hybridized carbons (Fsp3) is 0.250. The molecule has 84 valence electrons. The highest BCUT2D eigenvalue weighted by atomic mass is 79.9. The van der Waals surface area contributed by atoms with Gasteiger partial charge in [-0.2, -0.15) is 0 Å². The molecule has 0 aliphatic heterocycles. The molecule has 2 rings (SSSR count). The number of halogens is 1. The van der Waals surface area contributed by atoms with Gasteiger partial charge in [-0.3, -0.25) is 4.79 Å². The molecule has 0 radical (unpaired) electrons. The molecule has 16 heavy (non-hydrogen) atoms. The van der Waals surface area contributed by atoms with E-state index in [9.17, 15) is 4.79 Å². The summed E-state index contributed by atoms with van der Waals surface area (Å²) < 4.78 is 2.97. The Kier molecular flexibility index (Phi) is 3.01. The lowest BCUT2D eigenvalue weighted by molar-refractivity contribution is -0.121. The molecule has 0 fully saturated rings. The van der Waals surface area contributed by atoms with Crippen LogP contribution in [0.15, 0.2) is 34.9 Å². The molecule has 1 unspecified atom stereocenters.